The third-order valence-electron chi connectivity index (χ3n) is 4.80. The minimum atomic E-state index is -3.78. The molecule has 6 heteroatoms. The topological polar surface area (TPSA) is 66.5 Å². The number of rotatable bonds is 9. The second-order valence-corrected chi connectivity index (χ2v) is 9.09. The highest BCUT2D eigenvalue weighted by molar-refractivity contribution is 7.89. The quantitative estimate of drug-likeness (QED) is 0.574. The first kappa shape index (κ1) is 21.7. The lowest BCUT2D eigenvalue weighted by atomic mass is 10.1. The van der Waals surface area contributed by atoms with E-state index in [0.29, 0.717) is 13.0 Å². The molecule has 0 aliphatic rings. The highest BCUT2D eigenvalue weighted by Crippen LogP contribution is 2.16. The first-order valence-corrected chi connectivity index (χ1v) is 11.3. The van der Waals surface area contributed by atoms with Gasteiger partial charge in [-0.1, -0.05) is 78.4 Å². The molecule has 0 fully saturated rings. The molecule has 156 valence electrons. The van der Waals surface area contributed by atoms with Crippen LogP contribution in [0.5, 0.6) is 0 Å². The van der Waals surface area contributed by atoms with Crippen molar-refractivity contribution in [3.05, 3.63) is 102 Å². The summed E-state index contributed by atoms with van der Waals surface area (Å²) in [7, 11) is -3.78. The van der Waals surface area contributed by atoms with Gasteiger partial charge in [0.25, 0.3) is 0 Å². The standard InChI is InChI=1S/C24H26N2O3S/c1-20-12-14-22(15-13-20)18-25-24(27)19-26(17-16-21-8-4-2-5-9-21)30(28,29)23-10-6-3-7-11-23/h2-15H,16-19H2,1H3,(H,25,27). The van der Waals surface area contributed by atoms with E-state index < -0.39 is 10.0 Å². The normalized spacial score (nSPS) is 11.4. The number of hydrogen-bond acceptors (Lipinski definition) is 3. The van der Waals surface area contributed by atoms with Crippen molar-refractivity contribution in [1.82, 2.24) is 9.62 Å². The molecule has 0 heterocycles. The van der Waals surface area contributed by atoms with Gasteiger partial charge < -0.3 is 5.32 Å². The predicted octanol–water partition coefficient (Wildman–Crippen LogP) is 3.54. The Kier molecular flexibility index (Phi) is 7.38. The van der Waals surface area contributed by atoms with Crippen LogP contribution in [0.25, 0.3) is 0 Å². The molecule has 0 spiro atoms. The third kappa shape index (κ3) is 6.02. The van der Waals surface area contributed by atoms with Crippen molar-refractivity contribution in [3.63, 3.8) is 0 Å². The summed E-state index contributed by atoms with van der Waals surface area (Å²) in [5, 5.41) is 2.83. The number of carbonyl (C=O) groups excluding carboxylic acids is 1. The van der Waals surface area contributed by atoms with Gasteiger partial charge in [0.15, 0.2) is 0 Å². The molecule has 0 radical (unpaired) electrons. The smallest absolute Gasteiger partial charge is 0.243 e. The molecule has 0 aliphatic carbocycles. The largest absolute Gasteiger partial charge is 0.351 e. The lowest BCUT2D eigenvalue weighted by molar-refractivity contribution is -0.121. The van der Waals surface area contributed by atoms with E-state index in [0.717, 1.165) is 16.7 Å². The maximum absolute atomic E-state index is 13.1. The number of hydrogen-bond donors (Lipinski definition) is 1. The lowest BCUT2D eigenvalue weighted by Gasteiger charge is -2.22. The lowest BCUT2D eigenvalue weighted by Crippen LogP contribution is -2.41. The molecule has 1 amide bonds. The van der Waals surface area contributed by atoms with Gasteiger partial charge in [-0.25, -0.2) is 8.42 Å². The average Bonchev–Trinajstić information content (AvgIpc) is 2.77. The summed E-state index contributed by atoms with van der Waals surface area (Å²) in [6.45, 7) is 2.35. The van der Waals surface area contributed by atoms with Crippen LogP contribution in [-0.4, -0.2) is 31.7 Å². The van der Waals surface area contributed by atoms with Crippen LogP contribution in [0.15, 0.2) is 89.8 Å². The van der Waals surface area contributed by atoms with Crippen LogP contribution in [0.3, 0.4) is 0 Å². The van der Waals surface area contributed by atoms with Gasteiger partial charge in [0, 0.05) is 13.1 Å². The van der Waals surface area contributed by atoms with Crippen LogP contribution in [-0.2, 0) is 27.8 Å². The summed E-state index contributed by atoms with van der Waals surface area (Å²) in [4.78, 5) is 12.8. The summed E-state index contributed by atoms with van der Waals surface area (Å²) in [6.07, 6.45) is 0.526. The first-order valence-electron chi connectivity index (χ1n) is 9.86. The summed E-state index contributed by atoms with van der Waals surface area (Å²) in [5.74, 6) is -0.330. The van der Waals surface area contributed by atoms with Crippen LogP contribution >= 0.6 is 0 Å². The van der Waals surface area contributed by atoms with Crippen LogP contribution in [0.2, 0.25) is 0 Å². The van der Waals surface area contributed by atoms with E-state index in [4.69, 9.17) is 0 Å². The van der Waals surface area contributed by atoms with E-state index in [1.165, 1.54) is 4.31 Å². The maximum Gasteiger partial charge on any atom is 0.243 e. The Morgan fingerprint density at radius 1 is 0.833 bits per heavy atom. The Hall–Kier alpha value is -2.96. The third-order valence-corrected chi connectivity index (χ3v) is 6.66. The van der Waals surface area contributed by atoms with E-state index in [1.54, 1.807) is 30.3 Å². The van der Waals surface area contributed by atoms with Crippen molar-refractivity contribution >= 4 is 15.9 Å². The molecule has 30 heavy (non-hydrogen) atoms. The number of benzene rings is 3. The number of amides is 1. The van der Waals surface area contributed by atoms with E-state index in [2.05, 4.69) is 5.32 Å². The number of carbonyl (C=O) groups is 1. The molecular weight excluding hydrogens is 396 g/mol. The summed E-state index contributed by atoms with van der Waals surface area (Å²) in [6, 6.07) is 25.7. The Labute approximate surface area is 178 Å². The summed E-state index contributed by atoms with van der Waals surface area (Å²) in [5.41, 5.74) is 3.13. The van der Waals surface area contributed by atoms with E-state index in [-0.39, 0.29) is 23.9 Å². The van der Waals surface area contributed by atoms with Crippen LogP contribution in [0.4, 0.5) is 0 Å². The molecule has 3 aromatic rings. The van der Waals surface area contributed by atoms with Crippen molar-refractivity contribution in [3.8, 4) is 0 Å². The molecule has 1 N–H and O–H groups in total. The molecule has 0 aliphatic heterocycles. The van der Waals surface area contributed by atoms with Crippen LogP contribution < -0.4 is 5.32 Å². The monoisotopic (exact) mass is 422 g/mol. The van der Waals surface area contributed by atoms with Gasteiger partial charge in [0.05, 0.1) is 11.4 Å². The average molecular weight is 423 g/mol. The van der Waals surface area contributed by atoms with Crippen molar-refractivity contribution in [2.75, 3.05) is 13.1 Å². The van der Waals surface area contributed by atoms with Gasteiger partial charge >= 0.3 is 0 Å². The van der Waals surface area contributed by atoms with Crippen molar-refractivity contribution < 1.29 is 13.2 Å². The summed E-state index contributed by atoms with van der Waals surface area (Å²) >= 11 is 0. The maximum atomic E-state index is 13.1. The van der Waals surface area contributed by atoms with Crippen molar-refractivity contribution in [2.45, 2.75) is 24.8 Å². The molecule has 0 bridgehead atoms. The van der Waals surface area contributed by atoms with E-state index >= 15 is 0 Å². The van der Waals surface area contributed by atoms with E-state index in [9.17, 15) is 13.2 Å². The van der Waals surface area contributed by atoms with Gasteiger partial charge in [-0.2, -0.15) is 4.31 Å². The fraction of sp³-hybridized carbons (Fsp3) is 0.208. The van der Waals surface area contributed by atoms with Gasteiger partial charge in [-0.15, -0.1) is 0 Å². The minimum absolute atomic E-state index is 0.185. The van der Waals surface area contributed by atoms with Gasteiger partial charge in [0.1, 0.15) is 0 Å². The number of sulfonamides is 1. The molecule has 0 aromatic heterocycles. The Bertz CT molecular complexity index is 1050. The SMILES string of the molecule is Cc1ccc(CNC(=O)CN(CCc2ccccc2)S(=O)(=O)c2ccccc2)cc1. The number of nitrogens with one attached hydrogen (secondary N) is 1. The van der Waals surface area contributed by atoms with Crippen LogP contribution in [0, 0.1) is 6.92 Å². The number of nitrogens with zero attached hydrogens (tertiary/aromatic N) is 1. The Morgan fingerprint density at radius 2 is 1.43 bits per heavy atom. The van der Waals surface area contributed by atoms with Gasteiger partial charge in [-0.3, -0.25) is 4.79 Å². The molecule has 3 aromatic carbocycles. The Morgan fingerprint density at radius 3 is 2.07 bits per heavy atom. The zero-order valence-corrected chi connectivity index (χ0v) is 17.8. The second-order valence-electron chi connectivity index (χ2n) is 7.15. The first-order chi connectivity index (χ1) is 14.4. The van der Waals surface area contributed by atoms with Crippen molar-refractivity contribution in [2.24, 2.45) is 0 Å². The fourth-order valence-corrected chi connectivity index (χ4v) is 4.46. The van der Waals surface area contributed by atoms with E-state index in [1.807, 2.05) is 61.5 Å². The highest BCUT2D eigenvalue weighted by Gasteiger charge is 2.26. The van der Waals surface area contributed by atoms with Crippen molar-refractivity contribution in [1.29, 1.82) is 0 Å². The molecular formula is C24H26N2O3S. The Balaban J connectivity index is 1.71. The molecule has 0 unspecified atom stereocenters. The highest BCUT2D eigenvalue weighted by atomic mass is 32.2. The molecule has 5 nitrogen and oxygen atoms in total. The van der Waals surface area contributed by atoms with Crippen LogP contribution in [0.1, 0.15) is 16.7 Å². The number of aryl methyl sites for hydroxylation is 1. The van der Waals surface area contributed by atoms with Gasteiger partial charge in [-0.05, 0) is 36.6 Å². The predicted molar refractivity (Wildman–Crippen MR) is 118 cm³/mol. The second kappa shape index (κ2) is 10.2. The summed E-state index contributed by atoms with van der Waals surface area (Å²) < 4.78 is 27.5. The van der Waals surface area contributed by atoms with Gasteiger partial charge in [0.2, 0.25) is 15.9 Å². The fourth-order valence-electron chi connectivity index (χ4n) is 3.05. The molecule has 0 atom stereocenters. The minimum Gasteiger partial charge on any atom is -0.351 e. The molecule has 3 rings (SSSR count). The zero-order chi connectivity index (χ0) is 21.4. The molecule has 0 saturated heterocycles. The molecule has 0 saturated carbocycles. The zero-order valence-electron chi connectivity index (χ0n) is 17.0.